The number of hydrogen-bond acceptors (Lipinski definition) is 7. The van der Waals surface area contributed by atoms with Gasteiger partial charge in [0.25, 0.3) is 5.91 Å². The third kappa shape index (κ3) is 2.39. The number of amides is 1. The molecule has 0 unspecified atom stereocenters. The fraction of sp³-hybridized carbons (Fsp3) is 0.200. The van der Waals surface area contributed by atoms with Gasteiger partial charge in [-0.05, 0) is 6.92 Å². The predicted octanol–water partition coefficient (Wildman–Crippen LogP) is -0.282. The number of nitrogen functional groups attached to an aromatic ring is 1. The Labute approximate surface area is 107 Å². The molecule has 0 radical (unpaired) electrons. The van der Waals surface area contributed by atoms with Gasteiger partial charge in [-0.3, -0.25) is 4.79 Å². The van der Waals surface area contributed by atoms with E-state index in [1.54, 1.807) is 6.92 Å². The van der Waals surface area contributed by atoms with Crippen LogP contribution in [0.1, 0.15) is 27.9 Å². The summed E-state index contributed by atoms with van der Waals surface area (Å²) in [4.78, 5) is 26.3. The third-order valence-electron chi connectivity index (χ3n) is 2.15. The Morgan fingerprint density at radius 1 is 1.53 bits per heavy atom. The molecule has 2 heterocycles. The number of carbonyl (C=O) groups excluding carboxylic acids is 2. The highest BCUT2D eigenvalue weighted by molar-refractivity contribution is 5.95. The van der Waals surface area contributed by atoms with Crippen LogP contribution in [0.25, 0.3) is 6.01 Å². The highest BCUT2D eigenvalue weighted by Gasteiger charge is 2.18. The standard InChI is InChI=1S/C10H11N5O4/c1-2-18-9(17)6-4-19-10(13-6)15-3-5(11)7(14-15)8(12)16/h3-4H,2,11H2,1H3,(H2,12,16). The Morgan fingerprint density at radius 2 is 2.26 bits per heavy atom. The van der Waals surface area contributed by atoms with Crippen molar-refractivity contribution in [3.05, 3.63) is 23.8 Å². The van der Waals surface area contributed by atoms with E-state index in [1.165, 1.54) is 6.20 Å². The lowest BCUT2D eigenvalue weighted by molar-refractivity contribution is 0.0519. The van der Waals surface area contributed by atoms with E-state index in [-0.39, 0.29) is 29.7 Å². The molecule has 100 valence electrons. The molecule has 0 atom stereocenters. The third-order valence-corrected chi connectivity index (χ3v) is 2.15. The summed E-state index contributed by atoms with van der Waals surface area (Å²) in [6.45, 7) is 1.90. The highest BCUT2D eigenvalue weighted by Crippen LogP contribution is 2.14. The van der Waals surface area contributed by atoms with Crippen LogP contribution >= 0.6 is 0 Å². The summed E-state index contributed by atoms with van der Waals surface area (Å²) in [5, 5.41) is 3.81. The number of esters is 1. The number of anilines is 1. The second-order valence-corrected chi connectivity index (χ2v) is 3.48. The van der Waals surface area contributed by atoms with Crippen molar-refractivity contribution in [2.75, 3.05) is 12.3 Å². The molecule has 4 N–H and O–H groups in total. The van der Waals surface area contributed by atoms with E-state index in [2.05, 4.69) is 10.1 Å². The molecule has 0 aliphatic carbocycles. The largest absolute Gasteiger partial charge is 0.461 e. The van der Waals surface area contributed by atoms with Crippen LogP contribution in [-0.4, -0.2) is 33.2 Å². The van der Waals surface area contributed by atoms with Crippen LogP contribution in [0.5, 0.6) is 0 Å². The number of aromatic nitrogens is 3. The number of rotatable bonds is 4. The summed E-state index contributed by atoms with van der Waals surface area (Å²) in [7, 11) is 0. The Hall–Kier alpha value is -2.84. The first-order chi connectivity index (χ1) is 9.02. The van der Waals surface area contributed by atoms with Crippen molar-refractivity contribution in [1.29, 1.82) is 0 Å². The van der Waals surface area contributed by atoms with Crippen molar-refractivity contribution in [3.8, 4) is 6.01 Å². The quantitative estimate of drug-likeness (QED) is 0.724. The second kappa shape index (κ2) is 4.80. The minimum Gasteiger partial charge on any atom is -0.461 e. The summed E-state index contributed by atoms with van der Waals surface area (Å²) in [5.41, 5.74) is 10.6. The molecule has 2 aromatic rings. The number of hydrogen-bond donors (Lipinski definition) is 2. The van der Waals surface area contributed by atoms with Crippen LogP contribution in [0.3, 0.4) is 0 Å². The second-order valence-electron chi connectivity index (χ2n) is 3.48. The van der Waals surface area contributed by atoms with E-state index in [9.17, 15) is 9.59 Å². The number of nitrogens with two attached hydrogens (primary N) is 2. The topological polar surface area (TPSA) is 139 Å². The van der Waals surface area contributed by atoms with E-state index in [0.717, 1.165) is 10.9 Å². The van der Waals surface area contributed by atoms with Crippen LogP contribution in [0, 0.1) is 0 Å². The molecule has 0 fully saturated rings. The SMILES string of the molecule is CCOC(=O)c1coc(-n2cc(N)c(C(N)=O)n2)n1. The van der Waals surface area contributed by atoms with E-state index >= 15 is 0 Å². The van der Waals surface area contributed by atoms with E-state index in [0.29, 0.717) is 0 Å². The molecule has 1 amide bonds. The molecule has 0 saturated carbocycles. The van der Waals surface area contributed by atoms with E-state index in [1.807, 2.05) is 0 Å². The zero-order valence-electron chi connectivity index (χ0n) is 9.99. The highest BCUT2D eigenvalue weighted by atomic mass is 16.5. The fourth-order valence-corrected chi connectivity index (χ4v) is 1.35. The summed E-state index contributed by atoms with van der Waals surface area (Å²) in [5.74, 6) is -1.39. The zero-order valence-corrected chi connectivity index (χ0v) is 9.99. The van der Waals surface area contributed by atoms with Gasteiger partial charge in [0.05, 0.1) is 18.5 Å². The van der Waals surface area contributed by atoms with Crippen molar-refractivity contribution < 1.29 is 18.7 Å². The maximum absolute atomic E-state index is 11.4. The molecule has 0 spiro atoms. The maximum Gasteiger partial charge on any atom is 0.360 e. The van der Waals surface area contributed by atoms with Crippen LogP contribution < -0.4 is 11.5 Å². The minimum atomic E-state index is -0.770. The van der Waals surface area contributed by atoms with Gasteiger partial charge >= 0.3 is 12.0 Å². The molecule has 2 rings (SSSR count). The number of ether oxygens (including phenoxy) is 1. The van der Waals surface area contributed by atoms with Crippen LogP contribution in [0.2, 0.25) is 0 Å². The van der Waals surface area contributed by atoms with Crippen LogP contribution in [0.4, 0.5) is 5.69 Å². The first-order valence-corrected chi connectivity index (χ1v) is 5.31. The normalized spacial score (nSPS) is 10.4. The van der Waals surface area contributed by atoms with Crippen molar-refractivity contribution in [2.24, 2.45) is 5.73 Å². The average molecular weight is 265 g/mol. The molecule has 0 aliphatic heterocycles. The van der Waals surface area contributed by atoms with Gasteiger partial charge in [0.2, 0.25) is 0 Å². The predicted molar refractivity (Wildman–Crippen MR) is 62.5 cm³/mol. The number of primary amides is 1. The molecule has 19 heavy (non-hydrogen) atoms. The maximum atomic E-state index is 11.4. The van der Waals surface area contributed by atoms with E-state index in [4.69, 9.17) is 20.6 Å². The lowest BCUT2D eigenvalue weighted by Gasteiger charge is -1.95. The first kappa shape index (κ1) is 12.6. The van der Waals surface area contributed by atoms with Gasteiger partial charge in [-0.15, -0.1) is 0 Å². The molecule has 0 saturated heterocycles. The van der Waals surface area contributed by atoms with Crippen LogP contribution in [-0.2, 0) is 4.74 Å². The molecular formula is C10H11N5O4. The summed E-state index contributed by atoms with van der Waals surface area (Å²) in [6, 6.07) is -0.0257. The number of oxazole rings is 1. The molecule has 0 bridgehead atoms. The number of carbonyl (C=O) groups is 2. The lowest BCUT2D eigenvalue weighted by Crippen LogP contribution is -2.14. The lowest BCUT2D eigenvalue weighted by atomic mass is 10.4. The van der Waals surface area contributed by atoms with Crippen LogP contribution in [0.15, 0.2) is 16.9 Å². The summed E-state index contributed by atoms with van der Waals surface area (Å²) < 4.78 is 10.9. The molecular weight excluding hydrogens is 254 g/mol. The Balaban J connectivity index is 2.30. The van der Waals surface area contributed by atoms with Crippen molar-refractivity contribution in [1.82, 2.24) is 14.8 Å². The monoisotopic (exact) mass is 265 g/mol. The van der Waals surface area contributed by atoms with E-state index < -0.39 is 11.9 Å². The van der Waals surface area contributed by atoms with Crippen molar-refractivity contribution >= 4 is 17.6 Å². The molecule has 9 heteroatoms. The Morgan fingerprint density at radius 3 is 2.84 bits per heavy atom. The van der Waals surface area contributed by atoms with Gasteiger partial charge in [0.1, 0.15) is 6.26 Å². The fourth-order valence-electron chi connectivity index (χ4n) is 1.35. The molecule has 0 aromatic carbocycles. The molecule has 9 nitrogen and oxygen atoms in total. The molecule has 0 aliphatic rings. The minimum absolute atomic E-state index is 0.00783. The number of nitrogens with zero attached hydrogens (tertiary/aromatic N) is 3. The first-order valence-electron chi connectivity index (χ1n) is 5.31. The van der Waals surface area contributed by atoms with Crippen molar-refractivity contribution in [2.45, 2.75) is 6.92 Å². The van der Waals surface area contributed by atoms with Gasteiger partial charge in [-0.25, -0.2) is 4.79 Å². The summed E-state index contributed by atoms with van der Waals surface area (Å²) >= 11 is 0. The smallest absolute Gasteiger partial charge is 0.360 e. The van der Waals surface area contributed by atoms with Gasteiger partial charge in [-0.2, -0.15) is 14.8 Å². The molecule has 2 aromatic heterocycles. The zero-order chi connectivity index (χ0) is 14.0. The van der Waals surface area contributed by atoms with Crippen molar-refractivity contribution in [3.63, 3.8) is 0 Å². The van der Waals surface area contributed by atoms with Gasteiger partial charge in [0.15, 0.2) is 11.4 Å². The summed E-state index contributed by atoms with van der Waals surface area (Å²) in [6.07, 6.45) is 2.43. The van der Waals surface area contributed by atoms with Gasteiger partial charge in [-0.1, -0.05) is 0 Å². The Kier molecular flexibility index (Phi) is 3.19. The van der Waals surface area contributed by atoms with Gasteiger partial charge < -0.3 is 20.6 Å². The average Bonchev–Trinajstić information content (AvgIpc) is 2.95. The Bertz CT molecular complexity index is 630. The van der Waals surface area contributed by atoms with Gasteiger partial charge in [0, 0.05) is 0 Å².